The molecule has 0 amide bonds. The van der Waals surface area contributed by atoms with Gasteiger partial charge in [0.25, 0.3) is 0 Å². The maximum Gasteiger partial charge on any atom is 0.0724 e. The summed E-state index contributed by atoms with van der Waals surface area (Å²) >= 11 is 0. The van der Waals surface area contributed by atoms with Crippen molar-refractivity contribution in [2.75, 3.05) is 26.2 Å². The fourth-order valence-corrected chi connectivity index (χ4v) is 10.0. The van der Waals surface area contributed by atoms with E-state index in [1.54, 1.807) is 5.57 Å². The summed E-state index contributed by atoms with van der Waals surface area (Å²) in [5.41, 5.74) is 7.98. The molecule has 9 atom stereocenters. The molecule has 0 bridgehead atoms. The van der Waals surface area contributed by atoms with Crippen LogP contribution in [0.25, 0.3) is 0 Å². The summed E-state index contributed by atoms with van der Waals surface area (Å²) in [5.74, 6) is 5.15. The molecule has 4 heteroatoms. The van der Waals surface area contributed by atoms with Crippen molar-refractivity contribution in [1.82, 2.24) is 10.6 Å². The number of fused-ring (bicyclic) bond motifs is 5. The minimum atomic E-state index is -0.248. The average Bonchev–Trinajstić information content (AvgIpc) is 3.23. The van der Waals surface area contributed by atoms with Crippen molar-refractivity contribution in [3.63, 3.8) is 0 Å². The van der Waals surface area contributed by atoms with E-state index in [0.29, 0.717) is 11.5 Å². The lowest BCUT2D eigenvalue weighted by atomic mass is 9.45. The molecular formula is C34H63N3O. The minimum Gasteiger partial charge on any atom is -0.389 e. The average molecular weight is 530 g/mol. The fraction of sp³-hybridized carbons (Fsp3) is 0.941. The van der Waals surface area contributed by atoms with Gasteiger partial charge in [0.05, 0.1) is 6.10 Å². The first-order valence-corrected chi connectivity index (χ1v) is 16.7. The molecule has 0 radical (unpaired) electrons. The van der Waals surface area contributed by atoms with Gasteiger partial charge < -0.3 is 21.5 Å². The van der Waals surface area contributed by atoms with E-state index in [4.69, 9.17) is 5.73 Å². The van der Waals surface area contributed by atoms with Crippen molar-refractivity contribution < 1.29 is 5.11 Å². The van der Waals surface area contributed by atoms with Crippen LogP contribution in [0.1, 0.15) is 118 Å². The number of unbranched alkanes of at least 4 members (excludes halogenated alkanes) is 1. The third-order valence-electron chi connectivity index (χ3n) is 12.1. The SMILES string of the molecule is CC(C)CCC[C@@H](C)[C@H]1CC[C@H]2[C@@H]3C[C@@H](NCCCCNCCCN)C4=C[C@@H](O)CC[C@]4(C)[C@H]3CC[C@]12C. The van der Waals surface area contributed by atoms with Gasteiger partial charge in [-0.1, -0.05) is 60.0 Å². The Morgan fingerprint density at radius 3 is 2.45 bits per heavy atom. The van der Waals surface area contributed by atoms with Crippen LogP contribution in [0.2, 0.25) is 0 Å². The molecule has 0 unspecified atom stereocenters. The molecule has 0 aliphatic heterocycles. The van der Waals surface area contributed by atoms with Gasteiger partial charge in [-0.3, -0.25) is 0 Å². The molecule has 4 aliphatic rings. The summed E-state index contributed by atoms with van der Waals surface area (Å²) in [6.07, 6.45) is 18.9. The summed E-state index contributed by atoms with van der Waals surface area (Å²) in [5, 5.41) is 18.2. The Morgan fingerprint density at radius 1 is 0.921 bits per heavy atom. The van der Waals surface area contributed by atoms with Gasteiger partial charge in [-0.15, -0.1) is 0 Å². The zero-order valence-corrected chi connectivity index (χ0v) is 25.7. The second kappa shape index (κ2) is 13.5. The number of nitrogens with one attached hydrogen (secondary N) is 2. The molecule has 0 aromatic heterocycles. The smallest absolute Gasteiger partial charge is 0.0724 e. The van der Waals surface area contributed by atoms with Gasteiger partial charge in [-0.2, -0.15) is 0 Å². The van der Waals surface area contributed by atoms with Gasteiger partial charge >= 0.3 is 0 Å². The minimum absolute atomic E-state index is 0.248. The number of aliphatic hydroxyl groups excluding tert-OH is 1. The van der Waals surface area contributed by atoms with Crippen molar-refractivity contribution in [2.24, 2.45) is 52.1 Å². The number of rotatable bonds is 14. The van der Waals surface area contributed by atoms with Gasteiger partial charge in [-0.05, 0) is 142 Å². The van der Waals surface area contributed by atoms with Crippen molar-refractivity contribution in [3.05, 3.63) is 11.6 Å². The molecule has 0 aromatic carbocycles. The van der Waals surface area contributed by atoms with Crippen LogP contribution in [0, 0.1) is 46.3 Å². The molecule has 4 rings (SSSR count). The van der Waals surface area contributed by atoms with Gasteiger partial charge in [0, 0.05) is 6.04 Å². The van der Waals surface area contributed by atoms with E-state index in [1.807, 2.05) is 0 Å². The van der Waals surface area contributed by atoms with Crippen LogP contribution in [0.4, 0.5) is 0 Å². The number of nitrogens with two attached hydrogens (primary N) is 1. The van der Waals surface area contributed by atoms with Crippen molar-refractivity contribution in [1.29, 1.82) is 0 Å². The van der Waals surface area contributed by atoms with Crippen molar-refractivity contribution in [3.8, 4) is 0 Å². The molecule has 4 nitrogen and oxygen atoms in total. The van der Waals surface area contributed by atoms with E-state index in [-0.39, 0.29) is 11.5 Å². The highest BCUT2D eigenvalue weighted by Gasteiger charge is 2.60. The summed E-state index contributed by atoms with van der Waals surface area (Å²) < 4.78 is 0. The maximum atomic E-state index is 10.7. The molecule has 0 saturated heterocycles. The van der Waals surface area contributed by atoms with Crippen LogP contribution in [-0.2, 0) is 0 Å². The summed E-state index contributed by atoms with van der Waals surface area (Å²) in [6, 6.07) is 0.450. The Morgan fingerprint density at radius 2 is 1.68 bits per heavy atom. The van der Waals surface area contributed by atoms with Crippen molar-refractivity contribution in [2.45, 2.75) is 130 Å². The van der Waals surface area contributed by atoms with Gasteiger partial charge in [-0.25, -0.2) is 0 Å². The lowest BCUT2D eigenvalue weighted by molar-refractivity contribution is -0.0687. The number of hydrogen-bond donors (Lipinski definition) is 4. The Bertz CT molecular complexity index is 767. The Labute approximate surface area is 235 Å². The topological polar surface area (TPSA) is 70.3 Å². The third-order valence-corrected chi connectivity index (χ3v) is 12.1. The highest BCUT2D eigenvalue weighted by atomic mass is 16.3. The van der Waals surface area contributed by atoms with Crippen LogP contribution in [0.3, 0.4) is 0 Å². The third kappa shape index (κ3) is 6.55. The molecule has 38 heavy (non-hydrogen) atoms. The first kappa shape index (κ1) is 30.5. The lowest BCUT2D eigenvalue weighted by Crippen LogP contribution is -2.57. The van der Waals surface area contributed by atoms with Crippen LogP contribution in [0.15, 0.2) is 11.6 Å². The van der Waals surface area contributed by atoms with E-state index in [0.717, 1.165) is 74.5 Å². The predicted octanol–water partition coefficient (Wildman–Crippen LogP) is 6.68. The quantitative estimate of drug-likeness (QED) is 0.150. The second-order valence-corrected chi connectivity index (χ2v) is 14.9. The fourth-order valence-electron chi connectivity index (χ4n) is 10.0. The van der Waals surface area contributed by atoms with Gasteiger partial charge in [0.2, 0.25) is 0 Å². The molecule has 0 heterocycles. The first-order chi connectivity index (χ1) is 18.2. The Kier molecular flexibility index (Phi) is 10.8. The molecule has 220 valence electrons. The normalized spacial score (nSPS) is 39.4. The largest absolute Gasteiger partial charge is 0.389 e. The monoisotopic (exact) mass is 529 g/mol. The summed E-state index contributed by atoms with van der Waals surface area (Å²) in [4.78, 5) is 0. The van der Waals surface area contributed by atoms with E-state index >= 15 is 0 Å². The second-order valence-electron chi connectivity index (χ2n) is 14.9. The molecule has 4 aliphatic carbocycles. The standard InChI is InChI=1S/C34H63N3O/c1-24(2)10-8-11-25(3)28-12-13-29-27-23-32(37-21-7-6-19-36-20-9-18-35)31-22-26(38)14-16-34(31,5)30(27)15-17-33(28,29)4/h22,24-30,32,36-38H,6-21,23,35H2,1-5H3/t25-,26+,27+,28-,29+,30+,32-,33-,34-/m1/s1. The highest BCUT2D eigenvalue weighted by molar-refractivity contribution is 5.30. The predicted molar refractivity (Wildman–Crippen MR) is 162 cm³/mol. The molecule has 0 spiro atoms. The first-order valence-electron chi connectivity index (χ1n) is 16.7. The zero-order valence-electron chi connectivity index (χ0n) is 25.7. The van der Waals surface area contributed by atoms with Crippen LogP contribution < -0.4 is 16.4 Å². The number of hydrogen-bond acceptors (Lipinski definition) is 4. The zero-order chi connectivity index (χ0) is 27.3. The molecule has 5 N–H and O–H groups in total. The molecule has 0 aromatic rings. The van der Waals surface area contributed by atoms with E-state index in [1.165, 1.54) is 70.6 Å². The molecule has 3 fully saturated rings. The van der Waals surface area contributed by atoms with Gasteiger partial charge in [0.1, 0.15) is 0 Å². The summed E-state index contributed by atoms with van der Waals surface area (Å²) in [6.45, 7) is 16.6. The summed E-state index contributed by atoms with van der Waals surface area (Å²) in [7, 11) is 0. The van der Waals surface area contributed by atoms with E-state index in [2.05, 4.69) is 51.3 Å². The highest BCUT2D eigenvalue weighted by Crippen LogP contribution is 2.67. The molecule has 3 saturated carbocycles. The van der Waals surface area contributed by atoms with Crippen LogP contribution in [0.5, 0.6) is 0 Å². The van der Waals surface area contributed by atoms with Crippen LogP contribution >= 0.6 is 0 Å². The van der Waals surface area contributed by atoms with Crippen LogP contribution in [-0.4, -0.2) is 43.4 Å². The van der Waals surface area contributed by atoms with E-state index < -0.39 is 0 Å². The maximum absolute atomic E-state index is 10.7. The Hall–Kier alpha value is -0.420. The Balaban J connectivity index is 1.43. The van der Waals surface area contributed by atoms with Crippen molar-refractivity contribution >= 4 is 0 Å². The molecular weight excluding hydrogens is 466 g/mol. The van der Waals surface area contributed by atoms with Gasteiger partial charge in [0.15, 0.2) is 0 Å². The van der Waals surface area contributed by atoms with E-state index in [9.17, 15) is 5.11 Å². The number of aliphatic hydroxyl groups is 1. The lowest BCUT2D eigenvalue weighted by Gasteiger charge is -2.60.